The van der Waals surface area contributed by atoms with E-state index >= 15 is 0 Å². The lowest BCUT2D eigenvalue weighted by Crippen LogP contribution is -2.53. The fourth-order valence-electron chi connectivity index (χ4n) is 4.87. The molecule has 3 aromatic carbocycles. The summed E-state index contributed by atoms with van der Waals surface area (Å²) in [4.78, 5) is 36.7. The number of nitrogens with zero attached hydrogens (tertiary/aromatic N) is 4. The third-order valence-electron chi connectivity index (χ3n) is 7.20. The molecule has 0 radical (unpaired) electrons. The Kier molecular flexibility index (Phi) is 6.59. The van der Waals surface area contributed by atoms with Crippen molar-refractivity contribution >= 4 is 29.0 Å². The highest BCUT2D eigenvalue weighted by molar-refractivity contribution is 6.22. The summed E-state index contributed by atoms with van der Waals surface area (Å²) in [5, 5.41) is 0. The topological polar surface area (TPSA) is 56.2 Å². The van der Waals surface area contributed by atoms with E-state index < -0.39 is 6.04 Å². The van der Waals surface area contributed by atoms with Crippen LogP contribution in [0.1, 0.15) is 34.0 Å². The van der Waals surface area contributed by atoms with E-state index in [0.29, 0.717) is 6.42 Å². The van der Waals surface area contributed by atoms with Crippen molar-refractivity contribution in [2.24, 2.45) is 4.99 Å². The molecule has 1 fully saturated rings. The predicted molar refractivity (Wildman–Crippen MR) is 145 cm³/mol. The summed E-state index contributed by atoms with van der Waals surface area (Å²) in [5.41, 5.74) is 6.18. The van der Waals surface area contributed by atoms with E-state index in [1.165, 1.54) is 5.56 Å². The quantitative estimate of drug-likeness (QED) is 0.499. The maximum absolute atomic E-state index is 13.7. The Bertz CT molecular complexity index is 1290. The van der Waals surface area contributed by atoms with Gasteiger partial charge in [-0.3, -0.25) is 9.59 Å². The highest BCUT2D eigenvalue weighted by Crippen LogP contribution is 2.28. The van der Waals surface area contributed by atoms with Gasteiger partial charge in [0.15, 0.2) is 5.78 Å². The van der Waals surface area contributed by atoms with Gasteiger partial charge >= 0.3 is 0 Å². The number of anilines is 2. The van der Waals surface area contributed by atoms with E-state index in [-0.39, 0.29) is 11.7 Å². The average molecular weight is 481 g/mol. The fourth-order valence-corrected chi connectivity index (χ4v) is 4.87. The maximum atomic E-state index is 13.7. The molecule has 1 unspecified atom stereocenters. The van der Waals surface area contributed by atoms with Gasteiger partial charge in [0.2, 0.25) is 5.96 Å². The lowest BCUT2D eigenvalue weighted by molar-refractivity contribution is -0.118. The van der Waals surface area contributed by atoms with E-state index in [0.717, 1.165) is 60.2 Å². The fraction of sp³-hybridized carbons (Fsp3) is 0.300. The lowest BCUT2D eigenvalue weighted by atomic mass is 10.1. The second kappa shape index (κ2) is 9.97. The number of ketones is 1. The Labute approximate surface area is 212 Å². The van der Waals surface area contributed by atoms with E-state index in [2.05, 4.69) is 47.9 Å². The first-order valence-corrected chi connectivity index (χ1v) is 12.5. The Morgan fingerprint density at radius 2 is 1.47 bits per heavy atom. The van der Waals surface area contributed by atoms with Gasteiger partial charge in [-0.25, -0.2) is 9.89 Å². The zero-order chi connectivity index (χ0) is 25.2. The van der Waals surface area contributed by atoms with Gasteiger partial charge in [0.05, 0.1) is 5.69 Å². The number of amides is 1. The molecular weight excluding hydrogens is 448 g/mol. The molecule has 0 N–H and O–H groups in total. The van der Waals surface area contributed by atoms with Crippen LogP contribution in [0.2, 0.25) is 0 Å². The SMILES string of the molecule is CC(=O)c1ccc(N2CCN(C3=NC(Cc4ccccc4)C(=O)N3c3ccc(C)c(C)c3)CC2)cc1. The number of hydrogen-bond donors (Lipinski definition) is 0. The third-order valence-corrected chi connectivity index (χ3v) is 7.20. The number of hydrogen-bond acceptors (Lipinski definition) is 5. The zero-order valence-corrected chi connectivity index (χ0v) is 21.1. The summed E-state index contributed by atoms with van der Waals surface area (Å²) < 4.78 is 0. The normalized spacial score (nSPS) is 18.0. The summed E-state index contributed by atoms with van der Waals surface area (Å²) in [6.45, 7) is 8.91. The van der Waals surface area contributed by atoms with Crippen molar-refractivity contribution < 1.29 is 9.59 Å². The molecule has 6 heteroatoms. The van der Waals surface area contributed by atoms with Gasteiger partial charge in [-0.15, -0.1) is 0 Å². The number of guanidine groups is 1. The Morgan fingerprint density at radius 1 is 0.833 bits per heavy atom. The molecule has 0 spiro atoms. The number of rotatable bonds is 5. The number of benzene rings is 3. The summed E-state index contributed by atoms with van der Waals surface area (Å²) in [6.07, 6.45) is 0.590. The molecule has 1 amide bonds. The van der Waals surface area contributed by atoms with Gasteiger partial charge < -0.3 is 9.80 Å². The Balaban J connectivity index is 1.38. The number of piperazine rings is 1. The molecule has 3 aromatic rings. The molecule has 1 atom stereocenters. The van der Waals surface area contributed by atoms with E-state index in [1.54, 1.807) is 6.92 Å². The maximum Gasteiger partial charge on any atom is 0.259 e. The van der Waals surface area contributed by atoms with Crippen LogP contribution in [0.4, 0.5) is 11.4 Å². The van der Waals surface area contributed by atoms with Gasteiger partial charge in [-0.05, 0) is 73.9 Å². The Hall–Kier alpha value is -3.93. The van der Waals surface area contributed by atoms with Crippen LogP contribution in [-0.4, -0.2) is 54.8 Å². The molecule has 0 saturated carbocycles. The van der Waals surface area contributed by atoms with Gasteiger partial charge in [-0.2, -0.15) is 0 Å². The predicted octanol–water partition coefficient (Wildman–Crippen LogP) is 4.64. The smallest absolute Gasteiger partial charge is 0.259 e. The minimum atomic E-state index is -0.429. The first-order chi connectivity index (χ1) is 17.4. The minimum absolute atomic E-state index is 0.0272. The van der Waals surface area contributed by atoms with E-state index in [1.807, 2.05) is 53.4 Å². The van der Waals surface area contributed by atoms with Gasteiger partial charge in [0.1, 0.15) is 6.04 Å². The van der Waals surface area contributed by atoms with Crippen molar-refractivity contribution in [3.63, 3.8) is 0 Å². The van der Waals surface area contributed by atoms with Crippen LogP contribution in [0.5, 0.6) is 0 Å². The van der Waals surface area contributed by atoms with Gasteiger partial charge in [0, 0.05) is 43.9 Å². The molecule has 0 bridgehead atoms. The van der Waals surface area contributed by atoms with Crippen LogP contribution in [0, 0.1) is 13.8 Å². The second-order valence-electron chi connectivity index (χ2n) is 9.65. The summed E-state index contributed by atoms with van der Waals surface area (Å²) in [5.74, 6) is 0.849. The van der Waals surface area contributed by atoms with Gasteiger partial charge in [0.25, 0.3) is 5.91 Å². The van der Waals surface area contributed by atoms with Crippen molar-refractivity contribution in [2.75, 3.05) is 36.0 Å². The molecule has 5 rings (SSSR count). The number of Topliss-reactive ketones (excluding diaryl/α,β-unsaturated/α-hetero) is 1. The highest BCUT2D eigenvalue weighted by atomic mass is 16.2. The number of aryl methyl sites for hydroxylation is 2. The molecule has 2 aliphatic rings. The van der Waals surface area contributed by atoms with Crippen LogP contribution in [-0.2, 0) is 11.2 Å². The molecular formula is C30H32N4O2. The van der Waals surface area contributed by atoms with Crippen LogP contribution >= 0.6 is 0 Å². The lowest BCUT2D eigenvalue weighted by Gasteiger charge is -2.38. The van der Waals surface area contributed by atoms with E-state index in [4.69, 9.17) is 4.99 Å². The monoisotopic (exact) mass is 480 g/mol. The summed E-state index contributed by atoms with van der Waals surface area (Å²) in [7, 11) is 0. The number of carbonyl (C=O) groups is 2. The Morgan fingerprint density at radius 3 is 2.11 bits per heavy atom. The minimum Gasteiger partial charge on any atom is -0.368 e. The van der Waals surface area contributed by atoms with Crippen molar-refractivity contribution in [3.8, 4) is 0 Å². The van der Waals surface area contributed by atoms with Crippen molar-refractivity contribution in [3.05, 3.63) is 95.1 Å². The molecule has 2 heterocycles. The highest BCUT2D eigenvalue weighted by Gasteiger charge is 2.39. The van der Waals surface area contributed by atoms with E-state index in [9.17, 15) is 9.59 Å². The van der Waals surface area contributed by atoms with Crippen LogP contribution in [0.3, 0.4) is 0 Å². The van der Waals surface area contributed by atoms with Crippen molar-refractivity contribution in [2.45, 2.75) is 33.2 Å². The van der Waals surface area contributed by atoms with Crippen LogP contribution in [0.25, 0.3) is 0 Å². The summed E-state index contributed by atoms with van der Waals surface area (Å²) in [6, 6.07) is 23.7. The first-order valence-electron chi connectivity index (χ1n) is 12.5. The van der Waals surface area contributed by atoms with Crippen molar-refractivity contribution in [1.29, 1.82) is 0 Å². The molecule has 2 aliphatic heterocycles. The molecule has 184 valence electrons. The molecule has 36 heavy (non-hydrogen) atoms. The molecule has 6 nitrogen and oxygen atoms in total. The number of aliphatic imine (C=N–C) groups is 1. The zero-order valence-electron chi connectivity index (χ0n) is 21.1. The standard InChI is InChI=1S/C30H32N4O2/c1-21-9-12-27(19-22(21)2)34-29(36)28(20-24-7-5-4-6-8-24)31-30(34)33-17-15-32(16-18-33)26-13-10-25(11-14-26)23(3)35/h4-14,19,28H,15-18,20H2,1-3H3. The molecule has 1 saturated heterocycles. The summed E-state index contributed by atoms with van der Waals surface area (Å²) >= 11 is 0. The average Bonchev–Trinajstić information content (AvgIpc) is 3.22. The molecule has 0 aromatic heterocycles. The van der Waals surface area contributed by atoms with Crippen LogP contribution < -0.4 is 9.80 Å². The van der Waals surface area contributed by atoms with Gasteiger partial charge in [-0.1, -0.05) is 36.4 Å². The second-order valence-corrected chi connectivity index (χ2v) is 9.65. The number of carbonyl (C=O) groups excluding carboxylic acids is 2. The first kappa shape index (κ1) is 23.8. The largest absolute Gasteiger partial charge is 0.368 e. The molecule has 0 aliphatic carbocycles. The third kappa shape index (κ3) is 4.76. The van der Waals surface area contributed by atoms with Crippen molar-refractivity contribution in [1.82, 2.24) is 4.90 Å². The van der Waals surface area contributed by atoms with Crippen LogP contribution in [0.15, 0.2) is 77.8 Å².